The molecule has 1 amide bonds. The summed E-state index contributed by atoms with van der Waals surface area (Å²) < 4.78 is 5.63. The largest absolute Gasteiger partial charge is 0.494 e. The zero-order valence-electron chi connectivity index (χ0n) is 13.4. The number of ether oxygens (including phenoxy) is 1. The minimum absolute atomic E-state index is 0.109. The second-order valence-corrected chi connectivity index (χ2v) is 6.16. The Morgan fingerprint density at radius 2 is 1.83 bits per heavy atom. The maximum absolute atomic E-state index is 12.0. The van der Waals surface area contributed by atoms with E-state index < -0.39 is 0 Å². The van der Waals surface area contributed by atoms with E-state index in [9.17, 15) is 4.79 Å². The maximum atomic E-state index is 12.0. The van der Waals surface area contributed by atoms with Crippen LogP contribution in [-0.2, 0) is 4.79 Å². The lowest BCUT2D eigenvalue weighted by atomic mass is 10.3. The van der Waals surface area contributed by atoms with Gasteiger partial charge in [-0.3, -0.25) is 4.79 Å². The van der Waals surface area contributed by atoms with Crippen LogP contribution in [-0.4, -0.2) is 19.1 Å². The number of hydrogen-bond donors (Lipinski definition) is 2. The molecule has 2 aromatic rings. The van der Waals surface area contributed by atoms with Gasteiger partial charge in [0, 0.05) is 27.5 Å². The number of halogens is 2. The molecule has 0 fully saturated rings. The molecule has 0 aliphatic heterocycles. The first-order chi connectivity index (χ1) is 11.6. The van der Waals surface area contributed by atoms with Crippen molar-refractivity contribution < 1.29 is 9.53 Å². The first-order valence-corrected chi connectivity index (χ1v) is 8.55. The summed E-state index contributed by atoms with van der Waals surface area (Å²) in [6.45, 7) is 2.89. The van der Waals surface area contributed by atoms with Gasteiger partial charge in [-0.1, -0.05) is 42.6 Å². The summed E-state index contributed by atoms with van der Waals surface area (Å²) in [5, 5.41) is 6.85. The predicted octanol–water partition coefficient (Wildman–Crippen LogP) is 5.22. The highest BCUT2D eigenvalue weighted by Gasteiger charge is 2.05. The third-order valence-electron chi connectivity index (χ3n) is 3.20. The highest BCUT2D eigenvalue weighted by molar-refractivity contribution is 6.35. The molecule has 0 aliphatic rings. The van der Waals surface area contributed by atoms with Crippen LogP contribution in [0.2, 0.25) is 10.0 Å². The Morgan fingerprint density at radius 3 is 2.54 bits per heavy atom. The first-order valence-electron chi connectivity index (χ1n) is 7.79. The van der Waals surface area contributed by atoms with Crippen LogP contribution in [0, 0.1) is 0 Å². The number of amides is 1. The quantitative estimate of drug-likeness (QED) is 0.629. The summed E-state index contributed by atoms with van der Waals surface area (Å²) in [6, 6.07) is 12.4. The van der Waals surface area contributed by atoms with Crippen LogP contribution in [0.3, 0.4) is 0 Å². The number of hydrogen-bond acceptors (Lipinski definition) is 3. The van der Waals surface area contributed by atoms with E-state index in [1.165, 1.54) is 0 Å². The molecule has 0 radical (unpaired) electrons. The Kier molecular flexibility index (Phi) is 7.22. The third-order valence-corrected chi connectivity index (χ3v) is 3.64. The fraction of sp³-hybridized carbons (Fsp3) is 0.278. The predicted molar refractivity (Wildman–Crippen MR) is 100 cm³/mol. The van der Waals surface area contributed by atoms with E-state index in [1.807, 2.05) is 24.3 Å². The zero-order valence-corrected chi connectivity index (χ0v) is 15.0. The summed E-state index contributed by atoms with van der Waals surface area (Å²) in [7, 11) is 0. The van der Waals surface area contributed by atoms with Gasteiger partial charge >= 0.3 is 0 Å². The maximum Gasteiger partial charge on any atom is 0.243 e. The van der Waals surface area contributed by atoms with Gasteiger partial charge in [-0.15, -0.1) is 0 Å². The molecule has 4 nitrogen and oxygen atoms in total. The minimum Gasteiger partial charge on any atom is -0.494 e. The minimum atomic E-state index is -0.170. The number of benzene rings is 2. The van der Waals surface area contributed by atoms with Crippen molar-refractivity contribution in [1.29, 1.82) is 0 Å². The van der Waals surface area contributed by atoms with Crippen molar-refractivity contribution >= 4 is 40.5 Å². The summed E-state index contributed by atoms with van der Waals surface area (Å²) in [4.78, 5) is 12.0. The lowest BCUT2D eigenvalue weighted by Gasteiger charge is -2.10. The third kappa shape index (κ3) is 6.30. The highest BCUT2D eigenvalue weighted by atomic mass is 35.5. The van der Waals surface area contributed by atoms with Crippen LogP contribution in [0.4, 0.5) is 11.4 Å². The fourth-order valence-electron chi connectivity index (χ4n) is 2.04. The van der Waals surface area contributed by atoms with Gasteiger partial charge in [-0.05, 0) is 36.8 Å². The van der Waals surface area contributed by atoms with Crippen LogP contribution < -0.4 is 15.4 Å². The van der Waals surface area contributed by atoms with Crippen LogP contribution in [0.5, 0.6) is 5.75 Å². The van der Waals surface area contributed by atoms with Crippen molar-refractivity contribution in [2.45, 2.75) is 19.8 Å². The molecule has 2 N–H and O–H groups in total. The summed E-state index contributed by atoms with van der Waals surface area (Å²) >= 11 is 11.9. The molecule has 0 saturated carbocycles. The van der Waals surface area contributed by atoms with Gasteiger partial charge in [0.2, 0.25) is 5.91 Å². The molecule has 0 atom stereocenters. The lowest BCUT2D eigenvalue weighted by Crippen LogP contribution is -2.21. The Hall–Kier alpha value is -1.91. The Balaban J connectivity index is 1.86. The van der Waals surface area contributed by atoms with Gasteiger partial charge in [0.25, 0.3) is 0 Å². The van der Waals surface area contributed by atoms with E-state index in [4.69, 9.17) is 27.9 Å². The van der Waals surface area contributed by atoms with E-state index in [0.717, 1.165) is 18.6 Å². The lowest BCUT2D eigenvalue weighted by molar-refractivity contribution is -0.114. The molecule has 0 saturated heterocycles. The Labute approximate surface area is 152 Å². The van der Waals surface area contributed by atoms with E-state index in [0.29, 0.717) is 28.0 Å². The zero-order chi connectivity index (χ0) is 17.4. The molecule has 128 valence electrons. The average Bonchev–Trinajstić information content (AvgIpc) is 2.53. The summed E-state index contributed by atoms with van der Waals surface area (Å²) in [5.41, 5.74) is 1.39. The Morgan fingerprint density at radius 1 is 1.08 bits per heavy atom. The smallest absolute Gasteiger partial charge is 0.243 e. The van der Waals surface area contributed by atoms with Crippen molar-refractivity contribution in [3.05, 3.63) is 52.5 Å². The van der Waals surface area contributed by atoms with Crippen LogP contribution in [0.1, 0.15) is 19.8 Å². The topological polar surface area (TPSA) is 50.4 Å². The normalized spacial score (nSPS) is 10.3. The molecule has 2 aromatic carbocycles. The monoisotopic (exact) mass is 366 g/mol. The average molecular weight is 367 g/mol. The van der Waals surface area contributed by atoms with E-state index in [-0.39, 0.29) is 12.5 Å². The molecule has 24 heavy (non-hydrogen) atoms. The number of carbonyl (C=O) groups is 1. The van der Waals surface area contributed by atoms with Crippen LogP contribution in [0.15, 0.2) is 42.5 Å². The van der Waals surface area contributed by atoms with E-state index in [1.54, 1.807) is 18.2 Å². The van der Waals surface area contributed by atoms with Crippen LogP contribution >= 0.6 is 23.2 Å². The second kappa shape index (κ2) is 9.40. The molecule has 0 aliphatic carbocycles. The molecule has 0 aromatic heterocycles. The van der Waals surface area contributed by atoms with Crippen molar-refractivity contribution in [1.82, 2.24) is 0 Å². The van der Waals surface area contributed by atoms with Gasteiger partial charge in [-0.2, -0.15) is 0 Å². The number of anilines is 2. The van der Waals surface area contributed by atoms with Crippen molar-refractivity contribution in [2.24, 2.45) is 0 Å². The standard InChI is InChI=1S/C18H20Cl2N2O2/c1-2-3-7-24-17-6-4-5-15(11-17)22-18(23)12-21-16-9-13(19)8-14(20)10-16/h4-6,8-11,21H,2-3,7,12H2,1H3,(H,22,23). The highest BCUT2D eigenvalue weighted by Crippen LogP contribution is 2.22. The number of nitrogens with one attached hydrogen (secondary N) is 2. The first kappa shape index (κ1) is 18.4. The Bertz CT molecular complexity index is 672. The van der Waals surface area contributed by atoms with Crippen LogP contribution in [0.25, 0.3) is 0 Å². The van der Waals surface area contributed by atoms with Gasteiger partial charge in [0.05, 0.1) is 13.2 Å². The SMILES string of the molecule is CCCCOc1cccc(NC(=O)CNc2cc(Cl)cc(Cl)c2)c1. The summed E-state index contributed by atoms with van der Waals surface area (Å²) in [6.07, 6.45) is 2.08. The van der Waals surface area contributed by atoms with E-state index in [2.05, 4.69) is 17.6 Å². The van der Waals surface area contributed by atoms with Gasteiger partial charge in [0.15, 0.2) is 0 Å². The van der Waals surface area contributed by atoms with Crippen molar-refractivity contribution in [3.63, 3.8) is 0 Å². The molecule has 0 spiro atoms. The number of carbonyl (C=O) groups excluding carboxylic acids is 1. The molecule has 0 unspecified atom stereocenters. The van der Waals surface area contributed by atoms with Gasteiger partial charge < -0.3 is 15.4 Å². The molecular weight excluding hydrogens is 347 g/mol. The molecule has 0 heterocycles. The number of rotatable bonds is 8. The van der Waals surface area contributed by atoms with E-state index >= 15 is 0 Å². The molecule has 0 bridgehead atoms. The van der Waals surface area contributed by atoms with Crippen molar-refractivity contribution in [3.8, 4) is 5.75 Å². The van der Waals surface area contributed by atoms with Crippen molar-refractivity contribution in [2.75, 3.05) is 23.8 Å². The van der Waals surface area contributed by atoms with Gasteiger partial charge in [-0.25, -0.2) is 0 Å². The number of unbranched alkanes of at least 4 members (excludes halogenated alkanes) is 1. The molecule has 2 rings (SSSR count). The fourth-order valence-corrected chi connectivity index (χ4v) is 2.57. The summed E-state index contributed by atoms with van der Waals surface area (Å²) in [5.74, 6) is 0.577. The molecule has 6 heteroatoms. The molecular formula is C18H20Cl2N2O2. The van der Waals surface area contributed by atoms with Gasteiger partial charge in [0.1, 0.15) is 5.75 Å². The second-order valence-electron chi connectivity index (χ2n) is 5.29.